The summed E-state index contributed by atoms with van der Waals surface area (Å²) < 4.78 is 10.5. The van der Waals surface area contributed by atoms with E-state index in [0.29, 0.717) is 12.2 Å². The molecule has 2 rings (SSSR count). The van der Waals surface area contributed by atoms with Crippen molar-refractivity contribution in [1.29, 1.82) is 0 Å². The number of anilines is 1. The fourth-order valence-electron chi connectivity index (χ4n) is 1.84. The number of nitro groups is 1. The number of nitrogens with zero attached hydrogens (tertiary/aromatic N) is 1. The van der Waals surface area contributed by atoms with E-state index in [1.54, 1.807) is 12.1 Å². The van der Waals surface area contributed by atoms with E-state index in [0.717, 1.165) is 17.9 Å². The van der Waals surface area contributed by atoms with Crippen LogP contribution in [0.4, 0.5) is 11.4 Å². The van der Waals surface area contributed by atoms with Crippen LogP contribution in [0.1, 0.15) is 18.4 Å². The lowest BCUT2D eigenvalue weighted by atomic mass is 10.2. The number of ether oxygens (including phenoxy) is 1. The Labute approximate surface area is 116 Å². The summed E-state index contributed by atoms with van der Waals surface area (Å²) in [6, 6.07) is 8.56. The van der Waals surface area contributed by atoms with Crippen LogP contribution in [0, 0.1) is 10.1 Å². The van der Waals surface area contributed by atoms with Gasteiger partial charge in [0.05, 0.1) is 18.6 Å². The van der Waals surface area contributed by atoms with Gasteiger partial charge < -0.3 is 14.5 Å². The molecule has 0 saturated carbocycles. The second kappa shape index (κ2) is 6.10. The summed E-state index contributed by atoms with van der Waals surface area (Å²) in [4.78, 5) is 10.5. The van der Waals surface area contributed by atoms with Crippen LogP contribution in [0.3, 0.4) is 0 Å². The maximum atomic E-state index is 10.9. The Bertz CT molecular complexity index is 607. The van der Waals surface area contributed by atoms with Crippen molar-refractivity contribution in [1.82, 2.24) is 0 Å². The molecule has 106 valence electrons. The summed E-state index contributed by atoms with van der Waals surface area (Å²) in [5.74, 6) is 1.95. The van der Waals surface area contributed by atoms with Gasteiger partial charge in [0, 0.05) is 18.2 Å². The number of nitrogens with one attached hydrogen (secondary N) is 1. The number of aryl methyl sites for hydroxylation is 1. The Morgan fingerprint density at radius 1 is 1.30 bits per heavy atom. The number of nitro benzene ring substituents is 1. The average molecular weight is 276 g/mol. The van der Waals surface area contributed by atoms with Crippen LogP contribution in [-0.2, 0) is 13.0 Å². The van der Waals surface area contributed by atoms with Crippen LogP contribution in [0.25, 0.3) is 0 Å². The third-order valence-corrected chi connectivity index (χ3v) is 2.91. The number of hydrogen-bond acceptors (Lipinski definition) is 5. The Morgan fingerprint density at radius 3 is 2.65 bits per heavy atom. The molecule has 0 bridgehead atoms. The molecule has 1 N–H and O–H groups in total. The molecule has 20 heavy (non-hydrogen) atoms. The van der Waals surface area contributed by atoms with E-state index < -0.39 is 4.92 Å². The third-order valence-electron chi connectivity index (χ3n) is 2.91. The average Bonchev–Trinajstić information content (AvgIpc) is 2.92. The monoisotopic (exact) mass is 276 g/mol. The molecule has 6 heteroatoms. The molecule has 6 nitrogen and oxygen atoms in total. The second-order valence-corrected chi connectivity index (χ2v) is 4.22. The van der Waals surface area contributed by atoms with Gasteiger partial charge in [-0.25, -0.2) is 0 Å². The molecule has 1 heterocycles. The van der Waals surface area contributed by atoms with E-state index in [4.69, 9.17) is 9.15 Å². The molecule has 0 aliphatic carbocycles. The first-order valence-corrected chi connectivity index (χ1v) is 6.28. The summed E-state index contributed by atoms with van der Waals surface area (Å²) in [5, 5.41) is 14.0. The minimum absolute atomic E-state index is 0.0637. The van der Waals surface area contributed by atoms with Crippen LogP contribution >= 0.6 is 0 Å². The topological polar surface area (TPSA) is 77.5 Å². The second-order valence-electron chi connectivity index (χ2n) is 4.22. The van der Waals surface area contributed by atoms with Crippen LogP contribution in [-0.4, -0.2) is 12.0 Å². The molecule has 0 fully saturated rings. The quantitative estimate of drug-likeness (QED) is 0.646. The van der Waals surface area contributed by atoms with Gasteiger partial charge in [-0.15, -0.1) is 0 Å². The van der Waals surface area contributed by atoms with Gasteiger partial charge in [-0.2, -0.15) is 0 Å². The fraction of sp³-hybridized carbons (Fsp3) is 0.286. The molecule has 0 spiro atoms. The van der Waals surface area contributed by atoms with Crippen LogP contribution in [0.5, 0.6) is 5.75 Å². The molecule has 2 aromatic rings. The van der Waals surface area contributed by atoms with Crippen LogP contribution in [0.15, 0.2) is 34.7 Å². The number of benzene rings is 1. The molecule has 0 unspecified atom stereocenters. The SMILES string of the molecule is CCc1ccc(CNc2ccc(OC)c([N+](=O)[O-])c2)o1. The zero-order chi connectivity index (χ0) is 14.5. The largest absolute Gasteiger partial charge is 0.490 e. The van der Waals surface area contributed by atoms with Crippen molar-refractivity contribution >= 4 is 11.4 Å². The van der Waals surface area contributed by atoms with Gasteiger partial charge in [0.2, 0.25) is 0 Å². The minimum Gasteiger partial charge on any atom is -0.490 e. The number of methoxy groups -OCH3 is 1. The first-order valence-electron chi connectivity index (χ1n) is 6.28. The van der Waals surface area contributed by atoms with Crippen LogP contribution < -0.4 is 10.1 Å². The van der Waals surface area contributed by atoms with E-state index in [1.165, 1.54) is 13.2 Å². The van der Waals surface area contributed by atoms with Crippen molar-refractivity contribution in [3.8, 4) is 5.75 Å². The molecule has 0 atom stereocenters. The van der Waals surface area contributed by atoms with Gasteiger partial charge in [-0.05, 0) is 24.3 Å². The highest BCUT2D eigenvalue weighted by Crippen LogP contribution is 2.29. The van der Waals surface area contributed by atoms with Crippen molar-refractivity contribution < 1.29 is 14.1 Å². The predicted molar refractivity (Wildman–Crippen MR) is 75.1 cm³/mol. The van der Waals surface area contributed by atoms with Crippen molar-refractivity contribution in [3.63, 3.8) is 0 Å². The fourth-order valence-corrected chi connectivity index (χ4v) is 1.84. The maximum Gasteiger partial charge on any atom is 0.312 e. The van der Waals surface area contributed by atoms with E-state index in [-0.39, 0.29) is 11.4 Å². The molecule has 0 aliphatic heterocycles. The Hall–Kier alpha value is -2.50. The molecule has 1 aromatic carbocycles. The van der Waals surface area contributed by atoms with Gasteiger partial charge in [-0.1, -0.05) is 6.92 Å². The van der Waals surface area contributed by atoms with E-state index in [9.17, 15) is 10.1 Å². The predicted octanol–water partition coefficient (Wildman–Crippen LogP) is 3.37. The highest BCUT2D eigenvalue weighted by Gasteiger charge is 2.15. The number of furan rings is 1. The van der Waals surface area contributed by atoms with E-state index in [1.807, 2.05) is 19.1 Å². The first kappa shape index (κ1) is 13.9. The van der Waals surface area contributed by atoms with Crippen molar-refractivity contribution in [2.24, 2.45) is 0 Å². The summed E-state index contributed by atoms with van der Waals surface area (Å²) in [6.07, 6.45) is 0.841. The number of hydrogen-bond donors (Lipinski definition) is 1. The summed E-state index contributed by atoms with van der Waals surface area (Å²) >= 11 is 0. The minimum atomic E-state index is -0.466. The normalized spacial score (nSPS) is 10.3. The van der Waals surface area contributed by atoms with Gasteiger partial charge in [0.25, 0.3) is 0 Å². The summed E-state index contributed by atoms with van der Waals surface area (Å²) in [7, 11) is 1.41. The van der Waals surface area contributed by atoms with Gasteiger partial charge in [0.1, 0.15) is 11.5 Å². The highest BCUT2D eigenvalue weighted by molar-refractivity contribution is 5.58. The Kier molecular flexibility index (Phi) is 4.24. The Balaban J connectivity index is 2.09. The van der Waals surface area contributed by atoms with Crippen molar-refractivity contribution in [3.05, 3.63) is 52.0 Å². The number of rotatable bonds is 6. The van der Waals surface area contributed by atoms with Gasteiger partial charge in [0.15, 0.2) is 5.75 Å². The van der Waals surface area contributed by atoms with Gasteiger partial charge >= 0.3 is 5.69 Å². The molecule has 0 aliphatic rings. The lowest BCUT2D eigenvalue weighted by Crippen LogP contribution is -2.00. The molecular weight excluding hydrogens is 260 g/mol. The molecule has 0 radical (unpaired) electrons. The molecule has 0 saturated heterocycles. The van der Waals surface area contributed by atoms with Gasteiger partial charge in [-0.3, -0.25) is 10.1 Å². The molecular formula is C14H16N2O4. The van der Waals surface area contributed by atoms with E-state index >= 15 is 0 Å². The molecule has 0 amide bonds. The summed E-state index contributed by atoms with van der Waals surface area (Å²) in [6.45, 7) is 2.49. The van der Waals surface area contributed by atoms with Crippen LogP contribution in [0.2, 0.25) is 0 Å². The molecule has 1 aromatic heterocycles. The lowest BCUT2D eigenvalue weighted by Gasteiger charge is -2.06. The third kappa shape index (κ3) is 3.09. The van der Waals surface area contributed by atoms with Crippen molar-refractivity contribution in [2.75, 3.05) is 12.4 Å². The highest BCUT2D eigenvalue weighted by atomic mass is 16.6. The van der Waals surface area contributed by atoms with E-state index in [2.05, 4.69) is 5.32 Å². The lowest BCUT2D eigenvalue weighted by molar-refractivity contribution is -0.385. The standard InChI is InChI=1S/C14H16N2O4/c1-3-11-5-6-12(20-11)9-15-10-4-7-14(19-2)13(8-10)16(17)18/h4-8,15H,3,9H2,1-2H3. The zero-order valence-electron chi connectivity index (χ0n) is 11.4. The van der Waals surface area contributed by atoms with Crippen molar-refractivity contribution in [2.45, 2.75) is 19.9 Å². The Morgan fingerprint density at radius 2 is 2.05 bits per heavy atom. The first-order chi connectivity index (χ1) is 9.63. The zero-order valence-corrected chi connectivity index (χ0v) is 11.4. The maximum absolute atomic E-state index is 10.9. The summed E-state index contributed by atoms with van der Waals surface area (Å²) in [5.41, 5.74) is 0.582. The smallest absolute Gasteiger partial charge is 0.312 e.